The fourth-order valence-corrected chi connectivity index (χ4v) is 2.85. The van der Waals surface area contributed by atoms with Crippen LogP contribution in [0.4, 0.5) is 0 Å². The molecule has 3 N–H and O–H groups in total. The molecule has 148 valence electrons. The van der Waals surface area contributed by atoms with Gasteiger partial charge >= 0.3 is 0 Å². The number of hydrogen-bond donors (Lipinski definition) is 3. The lowest BCUT2D eigenvalue weighted by Gasteiger charge is -2.24. The molecule has 2 heterocycles. The fourth-order valence-electron chi connectivity index (χ4n) is 2.67. The van der Waals surface area contributed by atoms with Crippen LogP contribution in [0, 0.1) is 5.41 Å². The van der Waals surface area contributed by atoms with Crippen molar-refractivity contribution in [3.8, 4) is 5.88 Å². The summed E-state index contributed by atoms with van der Waals surface area (Å²) in [4.78, 5) is 8.74. The van der Waals surface area contributed by atoms with Crippen LogP contribution < -0.4 is 15.4 Å². The van der Waals surface area contributed by atoms with Crippen LogP contribution >= 0.6 is 35.6 Å². The summed E-state index contributed by atoms with van der Waals surface area (Å²) in [5, 5.41) is 16.2. The van der Waals surface area contributed by atoms with Crippen molar-refractivity contribution >= 4 is 41.5 Å². The van der Waals surface area contributed by atoms with Gasteiger partial charge in [0.25, 0.3) is 0 Å². The molecule has 7 nitrogen and oxygen atoms in total. The molecule has 1 saturated heterocycles. The summed E-state index contributed by atoms with van der Waals surface area (Å²) in [7, 11) is 0. The smallest absolute Gasteiger partial charge is 0.232 e. The first-order valence-electron chi connectivity index (χ1n) is 8.63. The highest BCUT2D eigenvalue weighted by Crippen LogP contribution is 2.32. The normalized spacial score (nSPS) is 19.7. The van der Waals surface area contributed by atoms with Gasteiger partial charge in [0.05, 0.1) is 19.7 Å². The van der Waals surface area contributed by atoms with Gasteiger partial charge in [0, 0.05) is 31.4 Å². The molecule has 0 aliphatic carbocycles. The topological polar surface area (TPSA) is 88.0 Å². The monoisotopic (exact) mass is 498 g/mol. The number of aliphatic imine (C=N–C) groups is 1. The van der Waals surface area contributed by atoms with Crippen LogP contribution in [-0.2, 0) is 4.74 Å². The van der Waals surface area contributed by atoms with Gasteiger partial charge in [0.1, 0.15) is 11.6 Å². The number of aliphatic hydroxyl groups excluding tert-OH is 1. The van der Waals surface area contributed by atoms with Crippen LogP contribution in [0.25, 0.3) is 0 Å². The number of aliphatic hydroxyl groups is 1. The lowest BCUT2D eigenvalue weighted by molar-refractivity contribution is 0.131. The molecule has 1 aliphatic rings. The standard InChI is InChI=1S/C17H27ClN4O3.HI/c1-2-19-16(22-12-17(5-9-23)6-10-24-13-17)21-8-11-25-15-14(18)4-3-7-20-15;/h3-4,7,23H,2,5-6,8-13H2,1H3,(H2,19,21,22);1H. The van der Waals surface area contributed by atoms with E-state index in [4.69, 9.17) is 21.1 Å². The molecule has 0 spiro atoms. The van der Waals surface area contributed by atoms with E-state index < -0.39 is 0 Å². The molecule has 9 heteroatoms. The zero-order valence-electron chi connectivity index (χ0n) is 15.0. The summed E-state index contributed by atoms with van der Waals surface area (Å²) >= 11 is 6.01. The summed E-state index contributed by atoms with van der Waals surface area (Å²) in [6.07, 6.45) is 3.28. The highest BCUT2D eigenvalue weighted by atomic mass is 127. The van der Waals surface area contributed by atoms with Crippen LogP contribution in [0.2, 0.25) is 5.02 Å². The van der Waals surface area contributed by atoms with Crippen molar-refractivity contribution in [3.05, 3.63) is 23.4 Å². The third kappa shape index (κ3) is 7.42. The highest BCUT2D eigenvalue weighted by molar-refractivity contribution is 14.0. The van der Waals surface area contributed by atoms with Gasteiger partial charge in [-0.3, -0.25) is 4.99 Å². The summed E-state index contributed by atoms with van der Waals surface area (Å²) in [5.74, 6) is 1.15. The molecule has 0 amide bonds. The molecule has 0 bridgehead atoms. The Hall–Kier alpha value is -0.840. The van der Waals surface area contributed by atoms with Crippen LogP contribution in [0.5, 0.6) is 5.88 Å². The Kier molecular flexibility index (Phi) is 11.2. The third-order valence-electron chi connectivity index (χ3n) is 4.10. The number of hydrogen-bond acceptors (Lipinski definition) is 5. The summed E-state index contributed by atoms with van der Waals surface area (Å²) in [6.45, 7) is 5.94. The average molecular weight is 499 g/mol. The Morgan fingerprint density at radius 3 is 3.00 bits per heavy atom. The van der Waals surface area contributed by atoms with E-state index in [0.29, 0.717) is 43.6 Å². The minimum absolute atomic E-state index is 0. The minimum Gasteiger partial charge on any atom is -0.475 e. The van der Waals surface area contributed by atoms with Crippen molar-refractivity contribution < 1.29 is 14.6 Å². The van der Waals surface area contributed by atoms with Crippen molar-refractivity contribution in [2.45, 2.75) is 19.8 Å². The number of ether oxygens (including phenoxy) is 2. The molecular weight excluding hydrogens is 471 g/mol. The van der Waals surface area contributed by atoms with Crippen LogP contribution in [0.1, 0.15) is 19.8 Å². The Bertz CT molecular complexity index is 557. The predicted molar refractivity (Wildman–Crippen MR) is 114 cm³/mol. The van der Waals surface area contributed by atoms with Gasteiger partial charge < -0.3 is 25.2 Å². The number of pyridine rings is 1. The summed E-state index contributed by atoms with van der Waals surface area (Å²) in [6, 6.07) is 3.51. The molecule has 0 aromatic carbocycles. The summed E-state index contributed by atoms with van der Waals surface area (Å²) < 4.78 is 11.1. The second-order valence-corrected chi connectivity index (χ2v) is 6.44. The summed E-state index contributed by atoms with van der Waals surface area (Å²) in [5.41, 5.74) is -0.0604. The van der Waals surface area contributed by atoms with E-state index in [1.165, 1.54) is 0 Å². The SMILES string of the molecule is CCNC(=NCC1(CCO)CCOC1)NCCOc1ncccc1Cl.I. The van der Waals surface area contributed by atoms with Crippen molar-refractivity contribution in [1.29, 1.82) is 0 Å². The van der Waals surface area contributed by atoms with E-state index in [2.05, 4.69) is 20.6 Å². The molecule has 1 fully saturated rings. The Balaban J connectivity index is 0.00000338. The first-order valence-corrected chi connectivity index (χ1v) is 9.01. The Morgan fingerprint density at radius 2 is 2.35 bits per heavy atom. The van der Waals surface area contributed by atoms with Gasteiger partial charge in [-0.25, -0.2) is 4.98 Å². The predicted octanol–water partition coefficient (Wildman–Crippen LogP) is 2.08. The van der Waals surface area contributed by atoms with E-state index >= 15 is 0 Å². The van der Waals surface area contributed by atoms with Crippen molar-refractivity contribution in [3.63, 3.8) is 0 Å². The zero-order chi connectivity index (χ0) is 18.0. The molecule has 1 aromatic heterocycles. The lowest BCUT2D eigenvalue weighted by Crippen LogP contribution is -2.40. The highest BCUT2D eigenvalue weighted by Gasteiger charge is 2.34. The van der Waals surface area contributed by atoms with Crippen LogP contribution in [-0.4, -0.2) is 62.1 Å². The second kappa shape index (κ2) is 12.5. The van der Waals surface area contributed by atoms with E-state index in [1.807, 2.05) is 6.92 Å². The van der Waals surface area contributed by atoms with E-state index in [-0.39, 0.29) is 36.0 Å². The van der Waals surface area contributed by atoms with E-state index in [9.17, 15) is 5.11 Å². The molecule has 0 saturated carbocycles. The van der Waals surface area contributed by atoms with E-state index in [1.54, 1.807) is 18.3 Å². The minimum atomic E-state index is -0.0604. The number of guanidine groups is 1. The fraction of sp³-hybridized carbons (Fsp3) is 0.647. The molecule has 1 aromatic rings. The maximum Gasteiger partial charge on any atom is 0.232 e. The first-order chi connectivity index (χ1) is 12.2. The first kappa shape index (κ1) is 23.2. The second-order valence-electron chi connectivity index (χ2n) is 6.04. The number of aromatic nitrogens is 1. The number of halogens is 2. The number of nitrogens with zero attached hydrogens (tertiary/aromatic N) is 2. The van der Waals surface area contributed by atoms with Gasteiger partial charge in [0.15, 0.2) is 5.96 Å². The Labute approximate surface area is 176 Å². The third-order valence-corrected chi connectivity index (χ3v) is 4.39. The van der Waals surface area contributed by atoms with Gasteiger partial charge in [-0.2, -0.15) is 0 Å². The average Bonchev–Trinajstić information content (AvgIpc) is 3.07. The molecule has 1 unspecified atom stereocenters. The molecular formula is C17H28ClIN4O3. The van der Waals surface area contributed by atoms with Crippen molar-refractivity contribution in [1.82, 2.24) is 15.6 Å². The molecule has 26 heavy (non-hydrogen) atoms. The van der Waals surface area contributed by atoms with Gasteiger partial charge in [-0.15, -0.1) is 24.0 Å². The molecule has 2 rings (SSSR count). The van der Waals surface area contributed by atoms with Gasteiger partial charge in [0.2, 0.25) is 5.88 Å². The number of rotatable bonds is 9. The Morgan fingerprint density at radius 1 is 1.50 bits per heavy atom. The maximum absolute atomic E-state index is 9.30. The van der Waals surface area contributed by atoms with E-state index in [0.717, 1.165) is 25.5 Å². The van der Waals surface area contributed by atoms with Crippen LogP contribution in [0.3, 0.4) is 0 Å². The maximum atomic E-state index is 9.30. The molecule has 1 aliphatic heterocycles. The zero-order valence-corrected chi connectivity index (χ0v) is 18.1. The van der Waals surface area contributed by atoms with Gasteiger partial charge in [-0.1, -0.05) is 11.6 Å². The largest absolute Gasteiger partial charge is 0.475 e. The lowest BCUT2D eigenvalue weighted by atomic mass is 9.84. The molecule has 1 atom stereocenters. The number of nitrogens with one attached hydrogen (secondary N) is 2. The quantitative estimate of drug-likeness (QED) is 0.209. The van der Waals surface area contributed by atoms with Crippen molar-refractivity contribution in [2.75, 3.05) is 46.1 Å². The van der Waals surface area contributed by atoms with Crippen LogP contribution in [0.15, 0.2) is 23.3 Å². The van der Waals surface area contributed by atoms with Crippen molar-refractivity contribution in [2.24, 2.45) is 10.4 Å². The van der Waals surface area contributed by atoms with Gasteiger partial charge in [-0.05, 0) is 31.9 Å². The molecule has 0 radical (unpaired) electrons.